The van der Waals surface area contributed by atoms with Crippen molar-refractivity contribution in [1.82, 2.24) is 20.2 Å². The van der Waals surface area contributed by atoms with E-state index in [0.29, 0.717) is 26.1 Å². The highest BCUT2D eigenvalue weighted by molar-refractivity contribution is 6.11. The molecule has 4 N–H and O–H groups in total. The molecule has 4 aromatic rings. The standard InChI is InChI=1S/C33H32F4N6O3/c34-17-11-33(7-2-8-43(33)12-17)15-46-32-40-29-26(31(41-32)42-13-18-5-6-19(14-42)39-18)27(36)25(30(38)45)24(28(29)37)21-10-20(44)9-16-3-1-4-22(35)23(16)21/h1,3-4,9-10,17-19,39,44H,2,5-8,11-15H2,(H2,38,45)/t17-,18?,19?,33+/m1/s1. The lowest BCUT2D eigenvalue weighted by atomic mass is 9.91. The van der Waals surface area contributed by atoms with Crippen LogP contribution in [0, 0.1) is 17.5 Å². The van der Waals surface area contributed by atoms with E-state index in [9.17, 15) is 14.3 Å². The third-order valence-corrected chi connectivity index (χ3v) is 10.2. The molecule has 0 saturated carbocycles. The number of halogens is 4. The number of nitrogens with two attached hydrogens (primary N) is 1. The molecule has 1 amide bonds. The van der Waals surface area contributed by atoms with Gasteiger partial charge in [0.2, 0.25) is 0 Å². The van der Waals surface area contributed by atoms with Gasteiger partial charge in [-0.2, -0.15) is 9.97 Å². The predicted octanol–water partition coefficient (Wildman–Crippen LogP) is 4.57. The number of aromatic hydroxyl groups is 1. The number of nitrogens with zero attached hydrogens (tertiary/aromatic N) is 4. The van der Waals surface area contributed by atoms with Gasteiger partial charge in [0.25, 0.3) is 5.91 Å². The molecule has 2 bridgehead atoms. The number of anilines is 1. The van der Waals surface area contributed by atoms with Crippen molar-refractivity contribution in [2.45, 2.75) is 55.9 Å². The number of rotatable bonds is 6. The number of fused-ring (bicyclic) bond motifs is 5. The van der Waals surface area contributed by atoms with E-state index in [1.807, 2.05) is 4.90 Å². The van der Waals surface area contributed by atoms with Crippen LogP contribution in [0.3, 0.4) is 0 Å². The van der Waals surface area contributed by atoms with Crippen LogP contribution in [-0.2, 0) is 0 Å². The summed E-state index contributed by atoms with van der Waals surface area (Å²) >= 11 is 0. The number of phenolic OH excluding ortho intramolecular Hbond substituents is 1. The zero-order valence-corrected chi connectivity index (χ0v) is 24.8. The molecule has 0 spiro atoms. The molecule has 5 heterocycles. The number of piperazine rings is 1. The summed E-state index contributed by atoms with van der Waals surface area (Å²) in [6, 6.07) is 6.38. The fraction of sp³-hybridized carbons (Fsp3) is 0.424. The lowest BCUT2D eigenvalue weighted by molar-refractivity contribution is 0.0997. The van der Waals surface area contributed by atoms with Gasteiger partial charge in [-0.1, -0.05) is 12.1 Å². The summed E-state index contributed by atoms with van der Waals surface area (Å²) < 4.78 is 69.7. The number of phenols is 1. The van der Waals surface area contributed by atoms with Crippen LogP contribution in [0.2, 0.25) is 0 Å². The van der Waals surface area contributed by atoms with Crippen molar-refractivity contribution in [2.24, 2.45) is 5.73 Å². The molecule has 4 fully saturated rings. The van der Waals surface area contributed by atoms with Gasteiger partial charge in [-0.05, 0) is 55.8 Å². The molecular weight excluding hydrogens is 604 g/mol. The first-order chi connectivity index (χ1) is 22.1. The maximum absolute atomic E-state index is 17.0. The highest BCUT2D eigenvalue weighted by Gasteiger charge is 2.49. The van der Waals surface area contributed by atoms with Gasteiger partial charge in [0, 0.05) is 54.7 Å². The number of nitrogens with one attached hydrogen (secondary N) is 1. The molecule has 4 aliphatic heterocycles. The monoisotopic (exact) mass is 636 g/mol. The highest BCUT2D eigenvalue weighted by Crippen LogP contribution is 2.44. The molecule has 4 atom stereocenters. The molecule has 4 aliphatic rings. The van der Waals surface area contributed by atoms with Crippen molar-refractivity contribution >= 4 is 33.4 Å². The number of alkyl halides is 1. The van der Waals surface area contributed by atoms with Gasteiger partial charge >= 0.3 is 6.01 Å². The van der Waals surface area contributed by atoms with Gasteiger partial charge in [0.1, 0.15) is 41.5 Å². The van der Waals surface area contributed by atoms with Crippen molar-refractivity contribution in [3.8, 4) is 22.9 Å². The van der Waals surface area contributed by atoms with Crippen LogP contribution < -0.4 is 20.7 Å². The first kappa shape index (κ1) is 29.2. The summed E-state index contributed by atoms with van der Waals surface area (Å²) in [5.41, 5.74) is 2.97. The van der Waals surface area contributed by atoms with Crippen LogP contribution in [0.15, 0.2) is 30.3 Å². The summed E-state index contributed by atoms with van der Waals surface area (Å²) in [5.74, 6) is -4.65. The van der Waals surface area contributed by atoms with Gasteiger partial charge in [-0.25, -0.2) is 17.6 Å². The van der Waals surface area contributed by atoms with Crippen molar-refractivity contribution in [2.75, 3.05) is 37.7 Å². The minimum atomic E-state index is -1.28. The summed E-state index contributed by atoms with van der Waals surface area (Å²) in [7, 11) is 0. The second-order valence-electron chi connectivity index (χ2n) is 13.0. The van der Waals surface area contributed by atoms with Gasteiger partial charge in [-0.3, -0.25) is 9.69 Å². The number of carbonyl (C=O) groups is 1. The molecule has 8 rings (SSSR count). The largest absolute Gasteiger partial charge is 0.508 e. The Kier molecular flexibility index (Phi) is 6.77. The van der Waals surface area contributed by atoms with Crippen LogP contribution >= 0.6 is 0 Å². The average Bonchev–Trinajstić information content (AvgIpc) is 3.66. The summed E-state index contributed by atoms with van der Waals surface area (Å²) in [4.78, 5) is 25.7. The van der Waals surface area contributed by atoms with E-state index >= 15 is 13.2 Å². The van der Waals surface area contributed by atoms with Crippen LogP contribution in [0.4, 0.5) is 23.4 Å². The van der Waals surface area contributed by atoms with Crippen LogP contribution in [0.1, 0.15) is 42.5 Å². The first-order valence-electron chi connectivity index (χ1n) is 15.6. The number of primary amides is 1. The van der Waals surface area contributed by atoms with Gasteiger partial charge < -0.3 is 25.8 Å². The minimum Gasteiger partial charge on any atom is -0.508 e. The van der Waals surface area contributed by atoms with Gasteiger partial charge in [-0.15, -0.1) is 0 Å². The Morgan fingerprint density at radius 2 is 1.87 bits per heavy atom. The lowest BCUT2D eigenvalue weighted by Gasteiger charge is -2.35. The number of amides is 1. The topological polar surface area (TPSA) is 117 Å². The maximum atomic E-state index is 17.0. The number of ether oxygens (including phenoxy) is 1. The number of aromatic nitrogens is 2. The van der Waals surface area contributed by atoms with E-state index in [2.05, 4.69) is 20.2 Å². The quantitative estimate of drug-likeness (QED) is 0.264. The van der Waals surface area contributed by atoms with E-state index in [1.54, 1.807) is 0 Å². The normalized spacial score (nSPS) is 25.9. The predicted molar refractivity (Wildman–Crippen MR) is 163 cm³/mol. The molecule has 240 valence electrons. The number of benzene rings is 3. The Hall–Kier alpha value is -4.23. The van der Waals surface area contributed by atoms with E-state index in [0.717, 1.165) is 44.4 Å². The molecular formula is C33H32F4N6O3. The molecule has 46 heavy (non-hydrogen) atoms. The van der Waals surface area contributed by atoms with Crippen LogP contribution in [-0.4, -0.2) is 82.5 Å². The van der Waals surface area contributed by atoms with Gasteiger partial charge in [0.15, 0.2) is 5.82 Å². The summed E-state index contributed by atoms with van der Waals surface area (Å²) in [5, 5.41) is 13.7. The van der Waals surface area contributed by atoms with Crippen molar-refractivity contribution in [1.29, 1.82) is 0 Å². The molecule has 2 unspecified atom stereocenters. The summed E-state index contributed by atoms with van der Waals surface area (Å²) in [6.07, 6.45) is 2.71. The maximum Gasteiger partial charge on any atom is 0.319 e. The van der Waals surface area contributed by atoms with Crippen LogP contribution in [0.25, 0.3) is 32.8 Å². The van der Waals surface area contributed by atoms with Crippen molar-refractivity contribution < 1.29 is 32.2 Å². The second-order valence-corrected chi connectivity index (χ2v) is 13.0. The third-order valence-electron chi connectivity index (χ3n) is 10.2. The van der Waals surface area contributed by atoms with E-state index < -0.39 is 51.7 Å². The summed E-state index contributed by atoms with van der Waals surface area (Å²) in [6.45, 7) is 2.00. The van der Waals surface area contributed by atoms with Crippen molar-refractivity contribution in [3.63, 3.8) is 0 Å². The number of carbonyl (C=O) groups excluding carboxylic acids is 1. The fourth-order valence-electron chi connectivity index (χ4n) is 8.21. The van der Waals surface area contributed by atoms with E-state index in [1.165, 1.54) is 18.2 Å². The Labute approximate surface area is 261 Å². The highest BCUT2D eigenvalue weighted by atomic mass is 19.1. The second kappa shape index (κ2) is 10.7. The number of hydrogen-bond donors (Lipinski definition) is 3. The first-order valence-corrected chi connectivity index (χ1v) is 15.6. The Morgan fingerprint density at radius 3 is 2.63 bits per heavy atom. The zero-order chi connectivity index (χ0) is 31.9. The van der Waals surface area contributed by atoms with E-state index in [4.69, 9.17) is 10.5 Å². The van der Waals surface area contributed by atoms with E-state index in [-0.39, 0.29) is 58.0 Å². The van der Waals surface area contributed by atoms with Crippen LogP contribution in [0.5, 0.6) is 11.8 Å². The van der Waals surface area contributed by atoms with Gasteiger partial charge in [0.05, 0.1) is 16.5 Å². The van der Waals surface area contributed by atoms with Crippen molar-refractivity contribution in [3.05, 3.63) is 53.3 Å². The Morgan fingerprint density at radius 1 is 1.09 bits per heavy atom. The Bertz CT molecular complexity index is 1910. The SMILES string of the molecule is NC(=O)c1c(-c2cc(O)cc3cccc(F)c23)c(F)c2nc(OC[C@@]34CCCN3C[C@H](F)C4)nc(N3CC4CCC(C3)N4)c2c1F. The molecule has 4 saturated heterocycles. The molecule has 13 heteroatoms. The Balaban J connectivity index is 1.35. The zero-order valence-electron chi connectivity index (χ0n) is 24.8. The third kappa shape index (κ3) is 4.54. The molecule has 0 radical (unpaired) electrons. The smallest absolute Gasteiger partial charge is 0.319 e. The lowest BCUT2D eigenvalue weighted by Crippen LogP contribution is -2.51. The number of hydrogen-bond acceptors (Lipinski definition) is 8. The average molecular weight is 637 g/mol. The molecule has 0 aliphatic carbocycles. The fourth-order valence-corrected chi connectivity index (χ4v) is 8.21. The molecule has 9 nitrogen and oxygen atoms in total. The molecule has 1 aromatic heterocycles. The minimum absolute atomic E-state index is 0.0476. The molecule has 3 aromatic carbocycles.